The first kappa shape index (κ1) is 16.6. The Kier molecular flexibility index (Phi) is 4.89. The van der Waals surface area contributed by atoms with Crippen LogP contribution in [0, 0.1) is 11.8 Å². The fraction of sp³-hybridized carbons (Fsp3) is 0.333. The van der Waals surface area contributed by atoms with Crippen LogP contribution in [0.15, 0.2) is 41.1 Å². The summed E-state index contributed by atoms with van der Waals surface area (Å²) in [6.45, 7) is 0. The minimum atomic E-state index is -1.13. The van der Waals surface area contributed by atoms with Crippen LogP contribution < -0.4 is 5.32 Å². The molecule has 5 nitrogen and oxygen atoms in total. The molecule has 0 bridgehead atoms. The van der Waals surface area contributed by atoms with Crippen molar-refractivity contribution in [3.8, 4) is 11.8 Å². The Bertz CT molecular complexity index is 779. The van der Waals surface area contributed by atoms with E-state index in [1.807, 2.05) is 12.1 Å². The van der Waals surface area contributed by atoms with Crippen LogP contribution in [0.5, 0.6) is 0 Å². The van der Waals surface area contributed by atoms with Gasteiger partial charge in [0, 0.05) is 29.1 Å². The fourth-order valence-corrected chi connectivity index (χ4v) is 3.02. The van der Waals surface area contributed by atoms with Crippen molar-refractivity contribution in [2.24, 2.45) is 0 Å². The van der Waals surface area contributed by atoms with E-state index >= 15 is 0 Å². The minimum absolute atomic E-state index is 0.157. The van der Waals surface area contributed by atoms with Gasteiger partial charge in [-0.2, -0.15) is 0 Å². The number of carbonyl (C=O) groups excluding carboxylic acids is 1. The lowest BCUT2D eigenvalue weighted by Crippen LogP contribution is -2.45. The maximum atomic E-state index is 12.0. The molecule has 1 amide bonds. The van der Waals surface area contributed by atoms with Gasteiger partial charge in [-0.15, -0.1) is 0 Å². The number of aliphatic hydroxyl groups is 1. The number of hydrogen-bond acceptors (Lipinski definition) is 4. The number of rotatable bonds is 2. The lowest BCUT2D eigenvalue weighted by atomic mass is 9.82. The Hall–Kier alpha value is -2.29. The Labute approximate surface area is 145 Å². The largest absolute Gasteiger partial charge is 0.378 e. The summed E-state index contributed by atoms with van der Waals surface area (Å²) in [5, 5.41) is 17.7. The van der Waals surface area contributed by atoms with Crippen molar-refractivity contribution in [2.75, 3.05) is 0 Å². The van der Waals surface area contributed by atoms with Gasteiger partial charge < -0.3 is 14.9 Å². The van der Waals surface area contributed by atoms with Crippen molar-refractivity contribution in [3.05, 3.63) is 52.9 Å². The van der Waals surface area contributed by atoms with Crippen LogP contribution >= 0.6 is 11.6 Å². The maximum absolute atomic E-state index is 12.0. The summed E-state index contributed by atoms with van der Waals surface area (Å²) >= 11 is 5.94. The Morgan fingerprint density at radius 1 is 1.46 bits per heavy atom. The normalized spacial score (nSPS) is 23.2. The summed E-state index contributed by atoms with van der Waals surface area (Å²) in [5.41, 5.74) is -0.372. The van der Waals surface area contributed by atoms with Gasteiger partial charge in [0.15, 0.2) is 0 Å². The van der Waals surface area contributed by atoms with E-state index < -0.39 is 5.60 Å². The smallest absolute Gasteiger partial charge is 0.290 e. The first-order valence-electron chi connectivity index (χ1n) is 7.77. The SMILES string of the molecule is O=C(N[C@@H]1CCC[C@](O)(C#Cc2cccc(Cl)c2)C1)c1ccno1. The van der Waals surface area contributed by atoms with E-state index in [0.29, 0.717) is 17.9 Å². The molecule has 1 aromatic heterocycles. The van der Waals surface area contributed by atoms with Gasteiger partial charge in [-0.05, 0) is 37.5 Å². The number of halogens is 1. The molecule has 0 aliphatic heterocycles. The van der Waals surface area contributed by atoms with Gasteiger partial charge in [-0.3, -0.25) is 4.79 Å². The number of nitrogens with one attached hydrogen (secondary N) is 1. The third-order valence-corrected chi connectivity index (χ3v) is 4.22. The average molecular weight is 345 g/mol. The molecule has 0 radical (unpaired) electrons. The van der Waals surface area contributed by atoms with Crippen LogP contribution in [0.25, 0.3) is 0 Å². The van der Waals surface area contributed by atoms with Crippen LogP contribution in [0.3, 0.4) is 0 Å². The van der Waals surface area contributed by atoms with Gasteiger partial charge in [-0.1, -0.05) is 34.7 Å². The molecular weight excluding hydrogens is 328 g/mol. The zero-order valence-electron chi connectivity index (χ0n) is 13.0. The summed E-state index contributed by atoms with van der Waals surface area (Å²) in [6, 6.07) is 8.53. The molecule has 0 unspecified atom stereocenters. The number of aromatic nitrogens is 1. The van der Waals surface area contributed by atoms with Crippen molar-refractivity contribution in [1.82, 2.24) is 10.5 Å². The van der Waals surface area contributed by atoms with Gasteiger partial charge >= 0.3 is 0 Å². The van der Waals surface area contributed by atoms with Crippen LogP contribution in [0.4, 0.5) is 0 Å². The quantitative estimate of drug-likeness (QED) is 0.821. The predicted molar refractivity (Wildman–Crippen MR) is 89.5 cm³/mol. The van der Waals surface area contributed by atoms with Crippen LogP contribution in [0.1, 0.15) is 41.8 Å². The van der Waals surface area contributed by atoms with E-state index in [2.05, 4.69) is 22.3 Å². The zero-order chi connectivity index (χ0) is 17.0. The zero-order valence-corrected chi connectivity index (χ0v) is 13.7. The van der Waals surface area contributed by atoms with Gasteiger partial charge in [0.05, 0.1) is 6.20 Å². The highest BCUT2D eigenvalue weighted by atomic mass is 35.5. The van der Waals surface area contributed by atoms with Gasteiger partial charge in [0.2, 0.25) is 5.76 Å². The third kappa shape index (κ3) is 4.16. The van der Waals surface area contributed by atoms with E-state index in [4.69, 9.17) is 16.1 Å². The van der Waals surface area contributed by atoms with Gasteiger partial charge in [-0.25, -0.2) is 0 Å². The predicted octanol–water partition coefficient (Wildman–Crippen LogP) is 2.78. The second-order valence-electron chi connectivity index (χ2n) is 5.94. The molecule has 0 spiro atoms. The van der Waals surface area contributed by atoms with Crippen molar-refractivity contribution >= 4 is 17.5 Å². The molecule has 6 heteroatoms. The van der Waals surface area contributed by atoms with Crippen molar-refractivity contribution < 1.29 is 14.4 Å². The highest BCUT2D eigenvalue weighted by Crippen LogP contribution is 2.28. The summed E-state index contributed by atoms with van der Waals surface area (Å²) in [7, 11) is 0. The summed E-state index contributed by atoms with van der Waals surface area (Å²) in [5.74, 6) is 5.74. The van der Waals surface area contributed by atoms with E-state index in [9.17, 15) is 9.90 Å². The maximum Gasteiger partial charge on any atom is 0.290 e. The lowest BCUT2D eigenvalue weighted by Gasteiger charge is -2.33. The molecule has 1 saturated carbocycles. The number of nitrogens with zero attached hydrogens (tertiary/aromatic N) is 1. The lowest BCUT2D eigenvalue weighted by molar-refractivity contribution is 0.0446. The molecule has 2 atom stereocenters. The number of carbonyl (C=O) groups is 1. The Balaban J connectivity index is 1.67. The number of benzene rings is 1. The molecule has 24 heavy (non-hydrogen) atoms. The summed E-state index contributed by atoms with van der Waals surface area (Å²) in [4.78, 5) is 12.0. The molecule has 1 fully saturated rings. The van der Waals surface area contributed by atoms with Crippen LogP contribution in [0.2, 0.25) is 5.02 Å². The summed E-state index contributed by atoms with van der Waals surface area (Å²) in [6.07, 6.45) is 3.95. The number of amides is 1. The van der Waals surface area contributed by atoms with E-state index in [1.165, 1.54) is 12.3 Å². The molecule has 124 valence electrons. The second-order valence-corrected chi connectivity index (χ2v) is 6.37. The molecule has 1 heterocycles. The fourth-order valence-electron chi connectivity index (χ4n) is 2.83. The van der Waals surface area contributed by atoms with Crippen molar-refractivity contribution in [2.45, 2.75) is 37.3 Å². The average Bonchev–Trinajstić information content (AvgIpc) is 3.08. The second kappa shape index (κ2) is 7.08. The monoisotopic (exact) mass is 344 g/mol. The molecule has 0 saturated heterocycles. The van der Waals surface area contributed by atoms with Crippen molar-refractivity contribution in [1.29, 1.82) is 0 Å². The number of hydrogen-bond donors (Lipinski definition) is 2. The first-order valence-corrected chi connectivity index (χ1v) is 8.15. The van der Waals surface area contributed by atoms with E-state index in [0.717, 1.165) is 18.4 Å². The molecule has 2 aromatic rings. The molecule has 1 aromatic carbocycles. The highest BCUT2D eigenvalue weighted by molar-refractivity contribution is 6.30. The molecule has 2 N–H and O–H groups in total. The first-order chi connectivity index (χ1) is 11.5. The van der Waals surface area contributed by atoms with Crippen LogP contribution in [-0.2, 0) is 0 Å². The van der Waals surface area contributed by atoms with Gasteiger partial charge in [0.1, 0.15) is 5.60 Å². The molecule has 3 rings (SSSR count). The molecule has 1 aliphatic rings. The molecular formula is C18H17ClN2O3. The standard InChI is InChI=1S/C18H17ClN2O3/c19-14-4-1-3-13(11-14)6-9-18(23)8-2-5-15(12-18)21-17(22)16-7-10-20-24-16/h1,3-4,7,10-11,15,23H,2,5,8,12H2,(H,21,22)/t15-,18+/m1/s1. The summed E-state index contributed by atoms with van der Waals surface area (Å²) < 4.78 is 4.84. The minimum Gasteiger partial charge on any atom is -0.378 e. The van der Waals surface area contributed by atoms with E-state index in [-0.39, 0.29) is 17.7 Å². The Morgan fingerprint density at radius 3 is 3.08 bits per heavy atom. The van der Waals surface area contributed by atoms with E-state index in [1.54, 1.807) is 12.1 Å². The topological polar surface area (TPSA) is 75.4 Å². The highest BCUT2D eigenvalue weighted by Gasteiger charge is 2.34. The molecule has 1 aliphatic carbocycles. The van der Waals surface area contributed by atoms with Gasteiger partial charge in [0.25, 0.3) is 5.91 Å². The van der Waals surface area contributed by atoms with Crippen molar-refractivity contribution in [3.63, 3.8) is 0 Å². The van der Waals surface area contributed by atoms with Crippen LogP contribution in [-0.4, -0.2) is 27.8 Å². The third-order valence-electron chi connectivity index (χ3n) is 3.99. The Morgan fingerprint density at radius 2 is 2.33 bits per heavy atom.